The van der Waals surface area contributed by atoms with Gasteiger partial charge in [0.2, 0.25) is 21.0 Å². The van der Waals surface area contributed by atoms with Crippen LogP contribution in [0.3, 0.4) is 0 Å². The van der Waals surface area contributed by atoms with E-state index in [4.69, 9.17) is 0 Å². The van der Waals surface area contributed by atoms with Gasteiger partial charge >= 0.3 is 0 Å². The van der Waals surface area contributed by atoms with Gasteiger partial charge < -0.3 is 4.12 Å². The van der Waals surface area contributed by atoms with Crippen molar-refractivity contribution < 1.29 is 4.12 Å². The Balaban J connectivity index is 0.000000424. The second-order valence-corrected chi connectivity index (χ2v) is 3.60. The van der Waals surface area contributed by atoms with E-state index in [-0.39, 0.29) is 0 Å². The molecule has 0 N–H and O–H groups in total. The molecule has 0 saturated carbocycles. The number of hydrogen-bond donors (Lipinski definition) is 0. The van der Waals surface area contributed by atoms with E-state index in [1.165, 1.54) is 24.0 Å². The number of hydrogen-bond acceptors (Lipinski definition) is 1. The van der Waals surface area contributed by atoms with E-state index in [1.807, 2.05) is 0 Å². The summed E-state index contributed by atoms with van der Waals surface area (Å²) < 4.78 is 3.86. The van der Waals surface area contributed by atoms with E-state index < -0.39 is 0 Å². The lowest BCUT2D eigenvalue weighted by atomic mass is 10.1. The Bertz CT molecular complexity index is 226. The maximum atomic E-state index is 3.86. The van der Waals surface area contributed by atoms with E-state index in [2.05, 4.69) is 63.2 Å². The predicted molar refractivity (Wildman–Crippen MR) is 57.8 cm³/mol. The van der Waals surface area contributed by atoms with Crippen LogP contribution in [0.4, 0.5) is 0 Å². The van der Waals surface area contributed by atoms with E-state index in [0.29, 0.717) is 0 Å². The average molecular weight is 206 g/mol. The van der Waals surface area contributed by atoms with Crippen LogP contribution in [0.25, 0.3) is 0 Å². The zero-order valence-electron chi connectivity index (χ0n) is 8.13. The third-order valence-electron chi connectivity index (χ3n) is 1.78. The van der Waals surface area contributed by atoms with Gasteiger partial charge in [-0.1, -0.05) is 37.6 Å². The highest BCUT2D eigenvalue weighted by Crippen LogP contribution is 2.08. The summed E-state index contributed by atoms with van der Waals surface area (Å²) in [5.41, 5.74) is 2.91. The summed E-state index contributed by atoms with van der Waals surface area (Å²) in [4.78, 5) is 0. The summed E-state index contributed by atoms with van der Waals surface area (Å²) in [5.74, 6) is 0. The minimum absolute atomic E-state index is 1.21. The molecule has 13 heavy (non-hydrogen) atoms. The molecule has 1 nitrogen and oxygen atoms in total. The minimum atomic E-state index is 1.21. The summed E-state index contributed by atoms with van der Waals surface area (Å²) in [5, 5.41) is 0. The van der Waals surface area contributed by atoms with Crippen LogP contribution in [0.15, 0.2) is 24.3 Å². The smallest absolute Gasteiger partial charge is 0.229 e. The lowest BCUT2D eigenvalue weighted by Crippen LogP contribution is -1.85. The monoisotopic (exact) mass is 206 g/mol. The van der Waals surface area contributed by atoms with Crippen LogP contribution >= 0.6 is 0 Å². The van der Waals surface area contributed by atoms with Gasteiger partial charge in [0.15, 0.2) is 0 Å². The van der Waals surface area contributed by atoms with Gasteiger partial charge in [-0.2, -0.15) is 0 Å². The van der Waals surface area contributed by atoms with Gasteiger partial charge in [-0.3, -0.25) is 0 Å². The van der Waals surface area contributed by atoms with E-state index in [0.717, 1.165) is 0 Å². The van der Waals surface area contributed by atoms with Crippen LogP contribution in [0.2, 0.25) is 0 Å². The van der Waals surface area contributed by atoms with Crippen molar-refractivity contribution in [3.05, 3.63) is 35.4 Å². The minimum Gasteiger partial charge on any atom is -0.458 e. The molecule has 0 aliphatic heterocycles. The van der Waals surface area contributed by atoms with Crippen LogP contribution in [0.1, 0.15) is 24.5 Å². The van der Waals surface area contributed by atoms with Crippen LogP contribution in [-0.4, -0.2) is 21.0 Å². The highest BCUT2D eigenvalue weighted by molar-refractivity contribution is 6.15. The Morgan fingerprint density at radius 1 is 1.23 bits per heavy atom. The van der Waals surface area contributed by atoms with Crippen molar-refractivity contribution in [2.45, 2.75) is 26.7 Å². The van der Waals surface area contributed by atoms with Crippen molar-refractivity contribution >= 4 is 21.0 Å². The van der Waals surface area contributed by atoms with Crippen molar-refractivity contribution in [3.8, 4) is 0 Å². The first-order valence-electron chi connectivity index (χ1n) is 4.30. The maximum Gasteiger partial charge on any atom is 0.229 e. The van der Waals surface area contributed by atoms with E-state index in [9.17, 15) is 0 Å². The molecule has 6 radical (unpaired) electrons. The standard InChI is InChI=1S/C10H14.OSi2/c1-3-6-10-8-5-4-7-9(10)2;2-1-3/h4-5,7-8H,3,6H2,1-2H3;. The van der Waals surface area contributed by atoms with E-state index >= 15 is 0 Å². The molecule has 68 valence electrons. The molecule has 1 rings (SSSR count). The first-order chi connectivity index (χ1) is 6.26. The van der Waals surface area contributed by atoms with Gasteiger partial charge in [-0.25, -0.2) is 0 Å². The van der Waals surface area contributed by atoms with Gasteiger partial charge in [0.05, 0.1) is 0 Å². The maximum absolute atomic E-state index is 3.86. The molecular formula is C10H14OSi2. The molecule has 0 aromatic heterocycles. The predicted octanol–water partition coefficient (Wildman–Crippen LogP) is 2.12. The Morgan fingerprint density at radius 2 is 1.77 bits per heavy atom. The fourth-order valence-electron chi connectivity index (χ4n) is 1.16. The summed E-state index contributed by atoms with van der Waals surface area (Å²) >= 11 is 0. The highest BCUT2D eigenvalue weighted by Gasteiger charge is 1.92. The largest absolute Gasteiger partial charge is 0.458 e. The molecule has 0 saturated heterocycles. The zero-order valence-corrected chi connectivity index (χ0v) is 10.1. The SMILES string of the molecule is CCCc1ccccc1C.[Si]O[Si]. The van der Waals surface area contributed by atoms with Crippen LogP contribution in [0, 0.1) is 6.92 Å². The van der Waals surface area contributed by atoms with Gasteiger partial charge in [0.25, 0.3) is 0 Å². The van der Waals surface area contributed by atoms with Crippen molar-refractivity contribution in [1.82, 2.24) is 0 Å². The first kappa shape index (κ1) is 12.6. The Hall–Kier alpha value is -0.386. The Labute approximate surface area is 87.6 Å². The van der Waals surface area contributed by atoms with Crippen LogP contribution in [0.5, 0.6) is 0 Å². The molecule has 0 heterocycles. The van der Waals surface area contributed by atoms with Crippen molar-refractivity contribution in [1.29, 1.82) is 0 Å². The highest BCUT2D eigenvalue weighted by atomic mass is 28.3. The van der Waals surface area contributed by atoms with Gasteiger partial charge in [-0.15, -0.1) is 0 Å². The molecule has 0 unspecified atom stereocenters. The number of aryl methyl sites for hydroxylation is 2. The third-order valence-corrected chi connectivity index (χ3v) is 1.78. The lowest BCUT2D eigenvalue weighted by molar-refractivity contribution is 0.690. The van der Waals surface area contributed by atoms with E-state index in [1.54, 1.807) is 0 Å². The second-order valence-electron chi connectivity index (χ2n) is 2.78. The fraction of sp³-hybridized carbons (Fsp3) is 0.400. The van der Waals surface area contributed by atoms with Gasteiger partial charge in [0, 0.05) is 0 Å². The topological polar surface area (TPSA) is 9.23 Å². The summed E-state index contributed by atoms with van der Waals surface area (Å²) in [6.45, 7) is 4.39. The molecule has 0 fully saturated rings. The molecule has 0 aliphatic rings. The van der Waals surface area contributed by atoms with Crippen LogP contribution < -0.4 is 0 Å². The first-order valence-corrected chi connectivity index (χ1v) is 5.11. The third kappa shape index (κ3) is 5.79. The molecule has 1 aromatic rings. The number of rotatable bonds is 2. The molecule has 0 spiro atoms. The summed E-state index contributed by atoms with van der Waals surface area (Å²) in [6.07, 6.45) is 2.46. The van der Waals surface area contributed by atoms with Crippen molar-refractivity contribution in [2.24, 2.45) is 0 Å². The summed E-state index contributed by atoms with van der Waals surface area (Å²) in [7, 11) is 5.19. The normalized spacial score (nSPS) is 8.92. The molecule has 3 heteroatoms. The van der Waals surface area contributed by atoms with Gasteiger partial charge in [0.1, 0.15) is 0 Å². The Kier molecular flexibility index (Phi) is 7.98. The number of benzene rings is 1. The molecule has 1 aromatic carbocycles. The quantitative estimate of drug-likeness (QED) is 0.674. The average Bonchev–Trinajstić information content (AvgIpc) is 2.11. The fourth-order valence-corrected chi connectivity index (χ4v) is 1.16. The van der Waals surface area contributed by atoms with Crippen molar-refractivity contribution in [2.75, 3.05) is 0 Å². The molecule has 0 amide bonds. The molecule has 0 atom stereocenters. The molecule has 0 aliphatic carbocycles. The summed E-state index contributed by atoms with van der Waals surface area (Å²) in [6, 6.07) is 8.58. The lowest BCUT2D eigenvalue weighted by Gasteiger charge is -2.01. The zero-order chi connectivity index (χ0) is 10.1. The van der Waals surface area contributed by atoms with Gasteiger partial charge in [-0.05, 0) is 24.5 Å². The van der Waals surface area contributed by atoms with Crippen molar-refractivity contribution in [3.63, 3.8) is 0 Å². The molecule has 0 bridgehead atoms. The molecular weight excluding hydrogens is 192 g/mol. The Morgan fingerprint density at radius 3 is 2.23 bits per heavy atom. The van der Waals surface area contributed by atoms with Crippen LogP contribution in [-0.2, 0) is 10.5 Å². The second kappa shape index (κ2) is 8.22.